The Morgan fingerprint density at radius 3 is 2.71 bits per heavy atom. The first-order valence-electron chi connectivity index (χ1n) is 5.90. The van der Waals surface area contributed by atoms with Crippen LogP contribution in [0.15, 0.2) is 27.6 Å². The largest absolute Gasteiger partial charge is 0.313 e. The Bertz CT molecular complexity index is 342. The summed E-state index contributed by atoms with van der Waals surface area (Å²) in [5.41, 5.74) is 1.32. The van der Waals surface area contributed by atoms with Crippen LogP contribution >= 0.6 is 27.7 Å². The summed E-state index contributed by atoms with van der Waals surface area (Å²) in [5.74, 6) is 1.13. The van der Waals surface area contributed by atoms with Crippen molar-refractivity contribution in [1.82, 2.24) is 10.2 Å². The molecule has 0 saturated heterocycles. The second-order valence-electron chi connectivity index (χ2n) is 4.19. The van der Waals surface area contributed by atoms with Gasteiger partial charge >= 0.3 is 0 Å². The topological polar surface area (TPSA) is 15.3 Å². The van der Waals surface area contributed by atoms with Gasteiger partial charge in [0.1, 0.15) is 0 Å². The van der Waals surface area contributed by atoms with E-state index in [4.69, 9.17) is 0 Å². The van der Waals surface area contributed by atoms with Crippen LogP contribution < -0.4 is 5.32 Å². The van der Waals surface area contributed by atoms with Crippen LogP contribution in [0.3, 0.4) is 0 Å². The SMILES string of the molecule is CCNCc1ccc(SCCN(C)C)cc1Br. The van der Waals surface area contributed by atoms with E-state index in [1.807, 2.05) is 11.8 Å². The zero-order chi connectivity index (χ0) is 12.7. The molecule has 0 radical (unpaired) electrons. The van der Waals surface area contributed by atoms with Crippen LogP contribution in [0.1, 0.15) is 12.5 Å². The van der Waals surface area contributed by atoms with E-state index in [1.165, 1.54) is 14.9 Å². The summed E-state index contributed by atoms with van der Waals surface area (Å²) in [4.78, 5) is 3.54. The highest BCUT2D eigenvalue weighted by Crippen LogP contribution is 2.25. The van der Waals surface area contributed by atoms with E-state index in [1.54, 1.807) is 0 Å². The van der Waals surface area contributed by atoms with Gasteiger partial charge in [0.05, 0.1) is 0 Å². The van der Waals surface area contributed by atoms with Gasteiger partial charge in [-0.05, 0) is 38.3 Å². The highest BCUT2D eigenvalue weighted by molar-refractivity contribution is 9.10. The highest BCUT2D eigenvalue weighted by Gasteiger charge is 2.02. The van der Waals surface area contributed by atoms with E-state index in [2.05, 4.69) is 65.4 Å². The molecule has 0 atom stereocenters. The van der Waals surface area contributed by atoms with Gasteiger partial charge in [0.2, 0.25) is 0 Å². The number of thioether (sulfide) groups is 1. The maximum Gasteiger partial charge on any atom is 0.0231 e. The number of nitrogens with one attached hydrogen (secondary N) is 1. The molecule has 0 aliphatic heterocycles. The van der Waals surface area contributed by atoms with Crippen LogP contribution in [0.25, 0.3) is 0 Å². The van der Waals surface area contributed by atoms with Crippen molar-refractivity contribution in [2.45, 2.75) is 18.4 Å². The van der Waals surface area contributed by atoms with Crippen molar-refractivity contribution in [3.63, 3.8) is 0 Å². The summed E-state index contributed by atoms with van der Waals surface area (Å²) >= 11 is 5.54. The van der Waals surface area contributed by atoms with Crippen LogP contribution in [0.4, 0.5) is 0 Å². The molecular formula is C13H21BrN2S. The Kier molecular flexibility index (Phi) is 7.19. The smallest absolute Gasteiger partial charge is 0.0231 e. The van der Waals surface area contributed by atoms with Crippen molar-refractivity contribution in [3.05, 3.63) is 28.2 Å². The lowest BCUT2D eigenvalue weighted by Gasteiger charge is -2.10. The van der Waals surface area contributed by atoms with Gasteiger partial charge in [0.15, 0.2) is 0 Å². The van der Waals surface area contributed by atoms with Crippen LogP contribution in [0, 0.1) is 0 Å². The second kappa shape index (κ2) is 8.14. The fraction of sp³-hybridized carbons (Fsp3) is 0.538. The van der Waals surface area contributed by atoms with Gasteiger partial charge in [-0.25, -0.2) is 0 Å². The van der Waals surface area contributed by atoms with E-state index in [-0.39, 0.29) is 0 Å². The lowest BCUT2D eigenvalue weighted by Crippen LogP contribution is -2.14. The molecule has 0 aliphatic rings. The fourth-order valence-electron chi connectivity index (χ4n) is 1.37. The third kappa shape index (κ3) is 5.91. The number of hydrogen-bond donors (Lipinski definition) is 1. The molecule has 1 N–H and O–H groups in total. The zero-order valence-electron chi connectivity index (χ0n) is 10.8. The van der Waals surface area contributed by atoms with Crippen molar-refractivity contribution in [3.8, 4) is 0 Å². The number of rotatable bonds is 7. The predicted octanol–water partition coefficient (Wildman–Crippen LogP) is 3.21. The van der Waals surface area contributed by atoms with Gasteiger partial charge in [-0.3, -0.25) is 0 Å². The molecule has 1 aromatic carbocycles. The van der Waals surface area contributed by atoms with Gasteiger partial charge in [-0.15, -0.1) is 11.8 Å². The molecule has 4 heteroatoms. The van der Waals surface area contributed by atoms with Gasteiger partial charge in [0.25, 0.3) is 0 Å². The maximum absolute atomic E-state index is 3.63. The van der Waals surface area contributed by atoms with Gasteiger partial charge in [-0.2, -0.15) is 0 Å². The Labute approximate surface area is 117 Å². The summed E-state index contributed by atoms with van der Waals surface area (Å²) in [6.07, 6.45) is 0. The first-order valence-corrected chi connectivity index (χ1v) is 7.68. The predicted molar refractivity (Wildman–Crippen MR) is 80.8 cm³/mol. The molecule has 0 fully saturated rings. The van der Waals surface area contributed by atoms with Crippen LogP contribution in [0.5, 0.6) is 0 Å². The number of hydrogen-bond acceptors (Lipinski definition) is 3. The van der Waals surface area contributed by atoms with E-state index < -0.39 is 0 Å². The van der Waals surface area contributed by atoms with Crippen molar-refractivity contribution in [1.29, 1.82) is 0 Å². The molecule has 2 nitrogen and oxygen atoms in total. The van der Waals surface area contributed by atoms with Crippen molar-refractivity contribution < 1.29 is 0 Å². The molecule has 0 saturated carbocycles. The minimum absolute atomic E-state index is 0.930. The first-order chi connectivity index (χ1) is 8.13. The Morgan fingerprint density at radius 1 is 1.35 bits per heavy atom. The fourth-order valence-corrected chi connectivity index (χ4v) is 3.10. The number of halogens is 1. The maximum atomic E-state index is 3.63. The van der Waals surface area contributed by atoms with Crippen LogP contribution in [0.2, 0.25) is 0 Å². The molecule has 1 rings (SSSR count). The summed E-state index contributed by atoms with van der Waals surface area (Å²) in [6, 6.07) is 6.62. The van der Waals surface area contributed by atoms with Gasteiger partial charge in [-0.1, -0.05) is 28.9 Å². The summed E-state index contributed by atoms with van der Waals surface area (Å²) in [5, 5.41) is 3.34. The second-order valence-corrected chi connectivity index (χ2v) is 6.21. The lowest BCUT2D eigenvalue weighted by atomic mass is 10.2. The average Bonchev–Trinajstić information content (AvgIpc) is 2.27. The highest BCUT2D eigenvalue weighted by atomic mass is 79.9. The van der Waals surface area contributed by atoms with E-state index in [0.717, 1.165) is 25.4 Å². The third-order valence-electron chi connectivity index (χ3n) is 2.40. The summed E-state index contributed by atoms with van der Waals surface area (Å²) in [6.45, 7) is 5.17. The molecule has 96 valence electrons. The normalized spacial score (nSPS) is 11.1. The van der Waals surface area contributed by atoms with E-state index in [9.17, 15) is 0 Å². The summed E-state index contributed by atoms with van der Waals surface area (Å²) in [7, 11) is 4.21. The molecule has 0 unspecified atom stereocenters. The zero-order valence-corrected chi connectivity index (χ0v) is 13.2. The molecule has 0 aliphatic carbocycles. The molecule has 0 heterocycles. The Hall–Kier alpha value is -0.0300. The molecule has 17 heavy (non-hydrogen) atoms. The number of benzene rings is 1. The average molecular weight is 317 g/mol. The summed E-state index contributed by atoms with van der Waals surface area (Å²) < 4.78 is 1.20. The molecular weight excluding hydrogens is 296 g/mol. The van der Waals surface area contributed by atoms with Crippen molar-refractivity contribution >= 4 is 27.7 Å². The lowest BCUT2D eigenvalue weighted by molar-refractivity contribution is 0.437. The minimum Gasteiger partial charge on any atom is -0.313 e. The van der Waals surface area contributed by atoms with Gasteiger partial charge < -0.3 is 10.2 Å². The van der Waals surface area contributed by atoms with E-state index >= 15 is 0 Å². The molecule has 1 aromatic rings. The quantitative estimate of drug-likeness (QED) is 0.778. The number of nitrogens with zero attached hydrogens (tertiary/aromatic N) is 1. The molecule has 0 spiro atoms. The minimum atomic E-state index is 0.930. The first kappa shape index (κ1) is 15.0. The van der Waals surface area contributed by atoms with Crippen LogP contribution in [-0.2, 0) is 6.54 Å². The third-order valence-corrected chi connectivity index (χ3v) is 4.11. The van der Waals surface area contributed by atoms with E-state index in [0.29, 0.717) is 0 Å². The van der Waals surface area contributed by atoms with Gasteiger partial charge in [0, 0.05) is 28.2 Å². The standard InChI is InChI=1S/C13H21BrN2S/c1-4-15-10-11-5-6-12(9-13(11)14)17-8-7-16(2)3/h5-6,9,15H,4,7-8,10H2,1-3H3. The van der Waals surface area contributed by atoms with Crippen LogP contribution in [-0.4, -0.2) is 37.8 Å². The van der Waals surface area contributed by atoms with Crippen molar-refractivity contribution in [2.75, 3.05) is 32.9 Å². The Morgan fingerprint density at radius 2 is 2.12 bits per heavy atom. The monoisotopic (exact) mass is 316 g/mol. The molecule has 0 amide bonds. The molecule has 0 aromatic heterocycles. The Balaban J connectivity index is 2.50. The van der Waals surface area contributed by atoms with Crippen molar-refractivity contribution in [2.24, 2.45) is 0 Å². The molecule has 0 bridgehead atoms.